The highest BCUT2D eigenvalue weighted by Crippen LogP contribution is 2.32. The lowest BCUT2D eigenvalue weighted by Gasteiger charge is -2.19. The highest BCUT2D eigenvalue weighted by Gasteiger charge is 2.12. The van der Waals surface area contributed by atoms with Gasteiger partial charge in [0.1, 0.15) is 0 Å². The van der Waals surface area contributed by atoms with E-state index in [2.05, 4.69) is 72.9 Å². The highest BCUT2D eigenvalue weighted by molar-refractivity contribution is 7.73. The van der Waals surface area contributed by atoms with Crippen LogP contribution in [0.5, 0.6) is 0 Å². The number of unbranched alkanes of at least 4 members (excludes halogenated alkanes) is 1. The van der Waals surface area contributed by atoms with Crippen LogP contribution in [0.15, 0.2) is 60.7 Å². The molecule has 0 spiro atoms. The molecule has 2 rings (SSSR count). The Labute approximate surface area is 142 Å². The first-order chi connectivity index (χ1) is 11.4. The van der Waals surface area contributed by atoms with Gasteiger partial charge >= 0.3 is 0 Å². The monoisotopic (exact) mass is 329 g/mol. The molecule has 2 aromatic carbocycles. The van der Waals surface area contributed by atoms with E-state index in [0.717, 1.165) is 32.7 Å². The summed E-state index contributed by atoms with van der Waals surface area (Å²) in [6.45, 7) is 5.87. The van der Waals surface area contributed by atoms with Gasteiger partial charge in [0.25, 0.3) is 0 Å². The van der Waals surface area contributed by atoms with Crippen molar-refractivity contribution in [3.8, 4) is 0 Å². The van der Waals surface area contributed by atoms with E-state index in [9.17, 15) is 0 Å². The normalized spacial score (nSPS) is 11.0. The van der Waals surface area contributed by atoms with E-state index in [-0.39, 0.29) is 7.92 Å². The maximum absolute atomic E-state index is 5.59. The molecule has 0 aromatic heterocycles. The van der Waals surface area contributed by atoms with Gasteiger partial charge in [-0.25, -0.2) is 0 Å². The van der Waals surface area contributed by atoms with Gasteiger partial charge in [0.05, 0.1) is 6.61 Å². The molecular weight excluding hydrogens is 301 g/mol. The van der Waals surface area contributed by atoms with Crippen LogP contribution in [0.2, 0.25) is 0 Å². The van der Waals surface area contributed by atoms with Crippen LogP contribution in [0.1, 0.15) is 19.8 Å². The van der Waals surface area contributed by atoms with Crippen molar-refractivity contribution in [3.05, 3.63) is 60.7 Å². The average Bonchev–Trinajstić information content (AvgIpc) is 2.62. The van der Waals surface area contributed by atoms with Crippen molar-refractivity contribution in [2.24, 2.45) is 0 Å². The molecule has 0 bridgehead atoms. The van der Waals surface area contributed by atoms with Crippen LogP contribution >= 0.6 is 7.92 Å². The largest absolute Gasteiger partial charge is 0.380 e. The number of benzene rings is 2. The van der Waals surface area contributed by atoms with Crippen molar-refractivity contribution >= 4 is 18.5 Å². The molecule has 0 radical (unpaired) electrons. The summed E-state index contributed by atoms with van der Waals surface area (Å²) in [5.74, 6) is 0. The molecule has 0 fully saturated rings. The number of rotatable bonds is 11. The zero-order valence-corrected chi connectivity index (χ0v) is 15.0. The van der Waals surface area contributed by atoms with E-state index < -0.39 is 0 Å². The topological polar surface area (TPSA) is 21.3 Å². The van der Waals surface area contributed by atoms with Gasteiger partial charge in [0, 0.05) is 13.2 Å². The van der Waals surface area contributed by atoms with Gasteiger partial charge in [-0.05, 0) is 37.7 Å². The summed E-state index contributed by atoms with van der Waals surface area (Å²) in [6, 6.07) is 21.8. The SMILES string of the molecule is CCCCOCCNCCP(c1ccccc1)c1ccccc1. The first-order valence-electron chi connectivity index (χ1n) is 8.58. The summed E-state index contributed by atoms with van der Waals surface area (Å²) >= 11 is 0. The summed E-state index contributed by atoms with van der Waals surface area (Å²) in [5, 5.41) is 6.43. The van der Waals surface area contributed by atoms with Gasteiger partial charge in [-0.2, -0.15) is 0 Å². The molecule has 2 nitrogen and oxygen atoms in total. The summed E-state index contributed by atoms with van der Waals surface area (Å²) < 4.78 is 5.59. The van der Waals surface area contributed by atoms with E-state index in [4.69, 9.17) is 4.74 Å². The lowest BCUT2D eigenvalue weighted by atomic mass is 10.4. The zero-order chi connectivity index (χ0) is 16.2. The molecule has 0 aliphatic heterocycles. The molecule has 124 valence electrons. The molecule has 23 heavy (non-hydrogen) atoms. The number of hydrogen-bond acceptors (Lipinski definition) is 2. The number of hydrogen-bond donors (Lipinski definition) is 1. The summed E-state index contributed by atoms with van der Waals surface area (Å²) in [4.78, 5) is 0. The Kier molecular flexibility index (Phi) is 8.94. The van der Waals surface area contributed by atoms with Crippen molar-refractivity contribution in [1.82, 2.24) is 5.32 Å². The van der Waals surface area contributed by atoms with Crippen molar-refractivity contribution < 1.29 is 4.74 Å². The Bertz CT molecular complexity index is 478. The van der Waals surface area contributed by atoms with Crippen LogP contribution in [0.3, 0.4) is 0 Å². The molecule has 0 heterocycles. The third-order valence-electron chi connectivity index (χ3n) is 3.71. The molecular formula is C20H28NOP. The van der Waals surface area contributed by atoms with Gasteiger partial charge in [-0.1, -0.05) is 74.0 Å². The van der Waals surface area contributed by atoms with Gasteiger partial charge in [0.2, 0.25) is 0 Å². The maximum Gasteiger partial charge on any atom is 0.0590 e. The van der Waals surface area contributed by atoms with Gasteiger partial charge < -0.3 is 10.1 Å². The van der Waals surface area contributed by atoms with E-state index in [1.165, 1.54) is 23.2 Å². The van der Waals surface area contributed by atoms with Crippen LogP contribution in [0.25, 0.3) is 0 Å². The van der Waals surface area contributed by atoms with Crippen molar-refractivity contribution in [2.75, 3.05) is 32.5 Å². The predicted octanol–water partition coefficient (Wildman–Crippen LogP) is 3.53. The zero-order valence-electron chi connectivity index (χ0n) is 14.1. The van der Waals surface area contributed by atoms with Crippen LogP contribution in [-0.2, 0) is 4.74 Å². The van der Waals surface area contributed by atoms with Crippen molar-refractivity contribution in [3.63, 3.8) is 0 Å². The smallest absolute Gasteiger partial charge is 0.0590 e. The molecule has 0 aliphatic carbocycles. The molecule has 3 heteroatoms. The molecule has 2 aromatic rings. The van der Waals surface area contributed by atoms with E-state index in [1.807, 2.05) is 0 Å². The minimum Gasteiger partial charge on any atom is -0.380 e. The third kappa shape index (κ3) is 6.83. The highest BCUT2D eigenvalue weighted by atomic mass is 31.1. The van der Waals surface area contributed by atoms with Gasteiger partial charge in [-0.15, -0.1) is 0 Å². The molecule has 1 N–H and O–H groups in total. The molecule has 0 aliphatic rings. The van der Waals surface area contributed by atoms with E-state index >= 15 is 0 Å². The first kappa shape index (κ1) is 18.1. The minimum absolute atomic E-state index is 0.284. The number of nitrogens with one attached hydrogen (secondary N) is 1. The van der Waals surface area contributed by atoms with Crippen molar-refractivity contribution in [1.29, 1.82) is 0 Å². The van der Waals surface area contributed by atoms with Gasteiger partial charge in [0.15, 0.2) is 0 Å². The van der Waals surface area contributed by atoms with Crippen LogP contribution in [0, 0.1) is 0 Å². The summed E-state index contributed by atoms with van der Waals surface area (Å²) in [7, 11) is -0.284. The molecule has 0 saturated heterocycles. The lowest BCUT2D eigenvalue weighted by molar-refractivity contribution is 0.133. The Hall–Kier alpha value is -1.21. The second-order valence-electron chi connectivity index (χ2n) is 5.54. The molecule has 0 unspecified atom stereocenters. The van der Waals surface area contributed by atoms with Crippen LogP contribution in [-0.4, -0.2) is 32.5 Å². The molecule has 0 amide bonds. The molecule has 0 atom stereocenters. The van der Waals surface area contributed by atoms with Gasteiger partial charge in [-0.3, -0.25) is 0 Å². The minimum atomic E-state index is -0.284. The quantitative estimate of drug-likeness (QED) is 0.503. The van der Waals surface area contributed by atoms with E-state index in [0.29, 0.717) is 0 Å². The Morgan fingerprint density at radius 3 is 2.00 bits per heavy atom. The standard InChI is InChI=1S/C20H28NOP/c1-2-3-16-22-17-14-21-15-18-23(19-10-6-4-7-11-19)20-12-8-5-9-13-20/h4-13,21H,2-3,14-18H2,1H3. The summed E-state index contributed by atoms with van der Waals surface area (Å²) in [5.41, 5.74) is 0. The average molecular weight is 329 g/mol. The Balaban J connectivity index is 1.80. The second-order valence-corrected chi connectivity index (χ2v) is 7.87. The van der Waals surface area contributed by atoms with Crippen molar-refractivity contribution in [2.45, 2.75) is 19.8 Å². The van der Waals surface area contributed by atoms with E-state index in [1.54, 1.807) is 0 Å². The fourth-order valence-corrected chi connectivity index (χ4v) is 4.69. The Morgan fingerprint density at radius 1 is 0.826 bits per heavy atom. The van der Waals surface area contributed by atoms with Crippen LogP contribution in [0.4, 0.5) is 0 Å². The third-order valence-corrected chi connectivity index (χ3v) is 6.23. The summed E-state index contributed by atoms with van der Waals surface area (Å²) in [6.07, 6.45) is 3.53. The fraction of sp³-hybridized carbons (Fsp3) is 0.400. The fourth-order valence-electron chi connectivity index (χ4n) is 2.43. The maximum atomic E-state index is 5.59. The predicted molar refractivity (Wildman–Crippen MR) is 103 cm³/mol. The Morgan fingerprint density at radius 2 is 1.43 bits per heavy atom. The second kappa shape index (κ2) is 11.3. The lowest BCUT2D eigenvalue weighted by Crippen LogP contribution is -2.26. The molecule has 0 saturated carbocycles. The first-order valence-corrected chi connectivity index (χ1v) is 10.1. The number of ether oxygens (including phenoxy) is 1. The van der Waals surface area contributed by atoms with Crippen LogP contribution < -0.4 is 15.9 Å².